The number of aryl methyl sites for hydroxylation is 1. The smallest absolute Gasteiger partial charge is 0.358 e. The van der Waals surface area contributed by atoms with E-state index in [1.54, 1.807) is 19.1 Å². The average molecular weight is 359 g/mol. The lowest BCUT2D eigenvalue weighted by molar-refractivity contribution is -0.389. The molecule has 0 aliphatic heterocycles. The Morgan fingerprint density at radius 2 is 2.04 bits per heavy atom. The number of benzene rings is 1. The lowest BCUT2D eigenvalue weighted by Crippen LogP contribution is -2.21. The number of nitrogens with one attached hydrogen (secondary N) is 1. The number of anilines is 1. The maximum atomic E-state index is 12.9. The summed E-state index contributed by atoms with van der Waals surface area (Å²) in [5.74, 6) is -1.02. The summed E-state index contributed by atoms with van der Waals surface area (Å²) in [6, 6.07) is 7.23. The lowest BCUT2D eigenvalue weighted by atomic mass is 10.2. The maximum Gasteiger partial charge on any atom is 0.390 e. The van der Waals surface area contributed by atoms with Crippen molar-refractivity contribution >= 4 is 17.7 Å². The van der Waals surface area contributed by atoms with Crippen molar-refractivity contribution in [2.24, 2.45) is 0 Å². The van der Waals surface area contributed by atoms with Crippen LogP contribution in [0.3, 0.4) is 0 Å². The first-order valence-corrected chi connectivity index (χ1v) is 7.53. The third kappa shape index (κ3) is 4.06. The highest BCUT2D eigenvalue weighted by Crippen LogP contribution is 2.11. The van der Waals surface area contributed by atoms with E-state index in [9.17, 15) is 19.3 Å². The van der Waals surface area contributed by atoms with Gasteiger partial charge in [-0.1, -0.05) is 12.1 Å². The topological polar surface area (TPSA) is 121 Å². The van der Waals surface area contributed by atoms with Crippen LogP contribution in [0.25, 0.3) is 0 Å². The molecule has 0 spiro atoms. The van der Waals surface area contributed by atoms with Gasteiger partial charge in [0, 0.05) is 0 Å². The second-order valence-corrected chi connectivity index (χ2v) is 5.50. The number of hydrogen-bond acceptors (Lipinski definition) is 6. The molecule has 0 saturated carbocycles. The van der Waals surface area contributed by atoms with Crippen molar-refractivity contribution in [1.82, 2.24) is 24.5 Å². The van der Waals surface area contributed by atoms with E-state index in [-0.39, 0.29) is 24.1 Å². The molecule has 0 atom stereocenters. The Bertz CT molecular complexity index is 949. The van der Waals surface area contributed by atoms with Gasteiger partial charge in [-0.05, 0) is 29.5 Å². The van der Waals surface area contributed by atoms with Crippen LogP contribution in [0.15, 0.2) is 36.7 Å². The van der Waals surface area contributed by atoms with Crippen molar-refractivity contribution in [2.45, 2.75) is 20.0 Å². The highest BCUT2D eigenvalue weighted by Gasteiger charge is 2.18. The fourth-order valence-electron chi connectivity index (χ4n) is 2.25. The quantitative estimate of drug-likeness (QED) is 0.526. The highest BCUT2D eigenvalue weighted by atomic mass is 19.1. The molecule has 2 heterocycles. The molecule has 2 aromatic heterocycles. The maximum absolute atomic E-state index is 12.9. The summed E-state index contributed by atoms with van der Waals surface area (Å²) < 4.78 is 15.6. The van der Waals surface area contributed by atoms with E-state index in [4.69, 9.17) is 0 Å². The Morgan fingerprint density at radius 3 is 2.69 bits per heavy atom. The Balaban J connectivity index is 1.60. The molecule has 0 aliphatic carbocycles. The minimum Gasteiger partial charge on any atom is -0.358 e. The van der Waals surface area contributed by atoms with E-state index < -0.39 is 10.8 Å². The van der Waals surface area contributed by atoms with E-state index in [1.165, 1.54) is 33.9 Å². The molecule has 0 unspecified atom stereocenters. The van der Waals surface area contributed by atoms with Gasteiger partial charge in [0.15, 0.2) is 0 Å². The van der Waals surface area contributed by atoms with Gasteiger partial charge in [0.2, 0.25) is 5.95 Å². The number of nitrogens with zero attached hydrogens (tertiary/aromatic N) is 6. The zero-order chi connectivity index (χ0) is 18.7. The van der Waals surface area contributed by atoms with Crippen molar-refractivity contribution in [3.8, 4) is 0 Å². The van der Waals surface area contributed by atoms with Crippen LogP contribution in [0.2, 0.25) is 0 Å². The predicted octanol–water partition coefficient (Wildman–Crippen LogP) is 1.52. The van der Waals surface area contributed by atoms with Gasteiger partial charge in [0.25, 0.3) is 5.91 Å². The minimum absolute atomic E-state index is 0.0939. The van der Waals surface area contributed by atoms with E-state index >= 15 is 0 Å². The molecule has 26 heavy (non-hydrogen) atoms. The zero-order valence-corrected chi connectivity index (χ0v) is 13.7. The molecule has 0 fully saturated rings. The average Bonchev–Trinajstić information content (AvgIpc) is 3.17. The van der Waals surface area contributed by atoms with Crippen LogP contribution >= 0.6 is 0 Å². The summed E-state index contributed by atoms with van der Waals surface area (Å²) >= 11 is 0. The van der Waals surface area contributed by atoms with E-state index in [0.29, 0.717) is 12.2 Å². The van der Waals surface area contributed by atoms with Gasteiger partial charge >= 0.3 is 5.82 Å². The van der Waals surface area contributed by atoms with Crippen molar-refractivity contribution < 1.29 is 14.1 Å². The number of halogens is 1. The lowest BCUT2D eigenvalue weighted by Gasteiger charge is -2.02. The van der Waals surface area contributed by atoms with Crippen molar-refractivity contribution in [1.29, 1.82) is 0 Å². The summed E-state index contributed by atoms with van der Waals surface area (Å²) in [6.45, 7) is 1.78. The van der Waals surface area contributed by atoms with E-state index in [2.05, 4.69) is 20.5 Å². The zero-order valence-electron chi connectivity index (χ0n) is 13.7. The largest absolute Gasteiger partial charge is 0.390 e. The first-order chi connectivity index (χ1) is 12.4. The predicted molar refractivity (Wildman–Crippen MR) is 87.8 cm³/mol. The Morgan fingerprint density at radius 1 is 1.31 bits per heavy atom. The minimum atomic E-state index is -0.625. The standard InChI is InChI=1S/C15H14FN7O3/c1-10-6-13(23(25)26)19-22(10)8-14(24)18-15-17-9-21(20-15)7-11-2-4-12(16)5-3-11/h2-6,9H,7-8H2,1H3,(H,18,20,24). The Kier molecular flexibility index (Phi) is 4.69. The second-order valence-electron chi connectivity index (χ2n) is 5.50. The van der Waals surface area contributed by atoms with Crippen LogP contribution < -0.4 is 5.32 Å². The third-order valence-electron chi connectivity index (χ3n) is 3.49. The number of rotatable bonds is 6. The molecule has 0 radical (unpaired) electrons. The summed E-state index contributed by atoms with van der Waals surface area (Å²) in [7, 11) is 0. The molecule has 1 N–H and O–H groups in total. The van der Waals surface area contributed by atoms with Crippen molar-refractivity contribution in [2.75, 3.05) is 5.32 Å². The SMILES string of the molecule is Cc1cc([N+](=O)[O-])nn1CC(=O)Nc1ncn(Cc2ccc(F)cc2)n1. The van der Waals surface area contributed by atoms with Gasteiger partial charge in [0.1, 0.15) is 18.7 Å². The summed E-state index contributed by atoms with van der Waals surface area (Å²) in [5.41, 5.74) is 1.32. The molecule has 1 amide bonds. The third-order valence-corrected chi connectivity index (χ3v) is 3.49. The van der Waals surface area contributed by atoms with Crippen LogP contribution in [-0.4, -0.2) is 35.4 Å². The second kappa shape index (κ2) is 7.09. The first kappa shape index (κ1) is 17.2. The Labute approximate surface area is 146 Å². The number of amides is 1. The van der Waals surface area contributed by atoms with Crippen molar-refractivity contribution in [3.63, 3.8) is 0 Å². The van der Waals surface area contributed by atoms with Gasteiger partial charge in [-0.25, -0.2) is 14.1 Å². The first-order valence-electron chi connectivity index (χ1n) is 7.53. The number of carbonyl (C=O) groups is 1. The van der Waals surface area contributed by atoms with Crippen LogP contribution in [-0.2, 0) is 17.9 Å². The van der Waals surface area contributed by atoms with Gasteiger partial charge in [0.05, 0.1) is 23.4 Å². The molecular weight excluding hydrogens is 345 g/mol. The molecule has 1 aromatic carbocycles. The summed E-state index contributed by atoms with van der Waals surface area (Å²) in [6.07, 6.45) is 1.43. The van der Waals surface area contributed by atoms with Gasteiger partial charge < -0.3 is 10.1 Å². The van der Waals surface area contributed by atoms with E-state index in [1.807, 2.05) is 0 Å². The van der Waals surface area contributed by atoms with Crippen LogP contribution in [0.4, 0.5) is 16.2 Å². The molecular formula is C15H14FN7O3. The summed E-state index contributed by atoms with van der Waals surface area (Å²) in [4.78, 5) is 26.1. The molecule has 134 valence electrons. The number of carbonyl (C=O) groups excluding carboxylic acids is 1. The molecule has 11 heteroatoms. The fraction of sp³-hybridized carbons (Fsp3) is 0.200. The van der Waals surface area contributed by atoms with Gasteiger partial charge in [-0.3, -0.25) is 10.1 Å². The Hall–Kier alpha value is -3.63. The van der Waals surface area contributed by atoms with Crippen molar-refractivity contribution in [3.05, 3.63) is 63.8 Å². The normalized spacial score (nSPS) is 10.7. The van der Waals surface area contributed by atoms with E-state index in [0.717, 1.165) is 5.56 Å². The number of hydrogen-bond donors (Lipinski definition) is 1. The van der Waals surface area contributed by atoms with Crippen LogP contribution in [0.1, 0.15) is 11.3 Å². The highest BCUT2D eigenvalue weighted by molar-refractivity contribution is 5.88. The fourth-order valence-corrected chi connectivity index (χ4v) is 2.25. The summed E-state index contributed by atoms with van der Waals surface area (Å²) in [5, 5.41) is 21.0. The molecule has 3 rings (SSSR count). The van der Waals surface area contributed by atoms with Gasteiger partial charge in [-0.2, -0.15) is 4.68 Å². The molecule has 0 aliphatic rings. The van der Waals surface area contributed by atoms with Crippen LogP contribution in [0, 0.1) is 22.9 Å². The van der Waals surface area contributed by atoms with Crippen LogP contribution in [0.5, 0.6) is 0 Å². The number of nitro groups is 1. The van der Waals surface area contributed by atoms with Gasteiger partial charge in [-0.15, -0.1) is 5.10 Å². The molecule has 0 saturated heterocycles. The number of aromatic nitrogens is 5. The monoisotopic (exact) mass is 359 g/mol. The molecule has 0 bridgehead atoms. The molecule has 10 nitrogen and oxygen atoms in total. The molecule has 3 aromatic rings.